The zero-order valence-corrected chi connectivity index (χ0v) is 12.1. The Morgan fingerprint density at radius 1 is 1.33 bits per heavy atom. The van der Waals surface area contributed by atoms with Crippen LogP contribution in [0.25, 0.3) is 0 Å². The van der Waals surface area contributed by atoms with Gasteiger partial charge in [-0.1, -0.05) is 18.2 Å². The molecule has 1 aromatic carbocycles. The minimum atomic E-state index is -0.278. The maximum Gasteiger partial charge on any atom is 0.234 e. The van der Waals surface area contributed by atoms with E-state index in [4.69, 9.17) is 5.73 Å². The predicted octanol–water partition coefficient (Wildman–Crippen LogP) is 1.11. The number of nitrogens with zero attached hydrogens (tertiary/aromatic N) is 1. The third kappa shape index (κ3) is 3.24. The van der Waals surface area contributed by atoms with E-state index >= 15 is 0 Å². The molecule has 21 heavy (non-hydrogen) atoms. The number of halogens is 1. The van der Waals surface area contributed by atoms with E-state index in [9.17, 15) is 9.18 Å². The molecule has 1 saturated heterocycles. The summed E-state index contributed by atoms with van der Waals surface area (Å²) in [6.07, 6.45) is 2.29. The molecule has 0 spiro atoms. The summed E-state index contributed by atoms with van der Waals surface area (Å²) < 4.78 is 13.5. The van der Waals surface area contributed by atoms with Crippen LogP contribution in [0.5, 0.6) is 0 Å². The van der Waals surface area contributed by atoms with Crippen molar-refractivity contribution in [3.63, 3.8) is 0 Å². The van der Waals surface area contributed by atoms with Crippen molar-refractivity contribution in [2.45, 2.75) is 25.4 Å². The zero-order valence-electron chi connectivity index (χ0n) is 12.1. The molecule has 1 amide bonds. The van der Waals surface area contributed by atoms with E-state index in [1.165, 1.54) is 12.5 Å². The molecule has 1 heterocycles. The van der Waals surface area contributed by atoms with Crippen LogP contribution in [-0.4, -0.2) is 36.5 Å². The number of nitrogens with one attached hydrogen (secondary N) is 1. The fourth-order valence-corrected chi connectivity index (χ4v) is 3.62. The molecular formula is C16H22FN3O. The predicted molar refractivity (Wildman–Crippen MR) is 78.9 cm³/mol. The standard InChI is InChI=1S/C16H22FN3O/c17-14-4-2-1-3-11(14)7-19-16(21)10-20-8-12-5-6-15(18)13(12)9-20/h1-4,12-13,15H,5-10,18H2,(H,19,21). The number of carbonyl (C=O) groups is 1. The van der Waals surface area contributed by atoms with E-state index in [0.717, 1.165) is 19.5 Å². The fourth-order valence-electron chi connectivity index (χ4n) is 3.62. The molecule has 0 aromatic heterocycles. The maximum atomic E-state index is 13.5. The minimum Gasteiger partial charge on any atom is -0.351 e. The van der Waals surface area contributed by atoms with Gasteiger partial charge in [0.15, 0.2) is 0 Å². The molecule has 0 bridgehead atoms. The molecule has 1 aromatic rings. The molecule has 114 valence electrons. The summed E-state index contributed by atoms with van der Waals surface area (Å²) in [5, 5.41) is 2.79. The monoisotopic (exact) mass is 291 g/mol. The zero-order chi connectivity index (χ0) is 14.8. The van der Waals surface area contributed by atoms with Crippen molar-refractivity contribution in [3.05, 3.63) is 35.6 Å². The summed E-state index contributed by atoms with van der Waals surface area (Å²) in [6, 6.07) is 6.81. The summed E-state index contributed by atoms with van der Waals surface area (Å²) in [7, 11) is 0. The minimum absolute atomic E-state index is 0.0493. The number of hydrogen-bond donors (Lipinski definition) is 2. The van der Waals surface area contributed by atoms with Crippen LogP contribution in [0.1, 0.15) is 18.4 Å². The lowest BCUT2D eigenvalue weighted by atomic mass is 9.98. The number of fused-ring (bicyclic) bond motifs is 1. The quantitative estimate of drug-likeness (QED) is 0.874. The highest BCUT2D eigenvalue weighted by Gasteiger charge is 2.41. The first kappa shape index (κ1) is 14.5. The van der Waals surface area contributed by atoms with E-state index in [-0.39, 0.29) is 18.3 Å². The molecule has 4 nitrogen and oxygen atoms in total. The average molecular weight is 291 g/mol. The van der Waals surface area contributed by atoms with Crippen molar-refractivity contribution in [1.82, 2.24) is 10.2 Å². The van der Waals surface area contributed by atoms with Crippen LogP contribution in [0.4, 0.5) is 4.39 Å². The van der Waals surface area contributed by atoms with Crippen LogP contribution >= 0.6 is 0 Å². The molecule has 1 saturated carbocycles. The normalized spacial score (nSPS) is 28.6. The second kappa shape index (κ2) is 6.12. The number of nitrogens with two attached hydrogens (primary N) is 1. The summed E-state index contributed by atoms with van der Waals surface area (Å²) in [5.74, 6) is 0.870. The molecule has 2 fully saturated rings. The maximum absolute atomic E-state index is 13.5. The molecule has 5 heteroatoms. The van der Waals surface area contributed by atoms with Crippen LogP contribution in [0.3, 0.4) is 0 Å². The summed E-state index contributed by atoms with van der Waals surface area (Å²) >= 11 is 0. The number of hydrogen-bond acceptors (Lipinski definition) is 3. The molecule has 0 radical (unpaired) electrons. The van der Waals surface area contributed by atoms with Gasteiger partial charge in [0.05, 0.1) is 6.54 Å². The van der Waals surface area contributed by atoms with E-state index in [0.29, 0.717) is 30.0 Å². The Balaban J connectivity index is 1.46. The van der Waals surface area contributed by atoms with Crippen molar-refractivity contribution < 1.29 is 9.18 Å². The van der Waals surface area contributed by atoms with Crippen LogP contribution in [0.2, 0.25) is 0 Å². The largest absolute Gasteiger partial charge is 0.351 e. The van der Waals surface area contributed by atoms with E-state index in [2.05, 4.69) is 10.2 Å². The van der Waals surface area contributed by atoms with Gasteiger partial charge in [-0.3, -0.25) is 9.69 Å². The summed E-state index contributed by atoms with van der Waals surface area (Å²) in [4.78, 5) is 14.2. The van der Waals surface area contributed by atoms with Gasteiger partial charge in [-0.05, 0) is 30.7 Å². The number of likely N-dealkylation sites (tertiary alicyclic amines) is 1. The fraction of sp³-hybridized carbons (Fsp3) is 0.562. The van der Waals surface area contributed by atoms with Gasteiger partial charge in [-0.2, -0.15) is 0 Å². The van der Waals surface area contributed by atoms with Gasteiger partial charge < -0.3 is 11.1 Å². The van der Waals surface area contributed by atoms with Gasteiger partial charge in [0.2, 0.25) is 5.91 Å². The first-order chi connectivity index (χ1) is 10.1. The molecule has 1 aliphatic heterocycles. The first-order valence-electron chi connectivity index (χ1n) is 7.61. The molecular weight excluding hydrogens is 269 g/mol. The number of benzene rings is 1. The number of carbonyl (C=O) groups excluding carboxylic acids is 1. The average Bonchev–Trinajstić information content (AvgIpc) is 3.00. The Hall–Kier alpha value is -1.46. The Kier molecular flexibility index (Phi) is 4.22. The van der Waals surface area contributed by atoms with E-state index in [1.807, 2.05) is 0 Å². The van der Waals surface area contributed by atoms with Gasteiger partial charge in [0.25, 0.3) is 0 Å². The summed E-state index contributed by atoms with van der Waals surface area (Å²) in [5.41, 5.74) is 6.61. The lowest BCUT2D eigenvalue weighted by molar-refractivity contribution is -0.122. The lowest BCUT2D eigenvalue weighted by Crippen LogP contribution is -2.37. The Morgan fingerprint density at radius 3 is 2.90 bits per heavy atom. The SMILES string of the molecule is NC1CCC2CN(CC(=O)NCc3ccccc3F)CC12. The van der Waals surface area contributed by atoms with E-state index in [1.54, 1.807) is 18.2 Å². The smallest absolute Gasteiger partial charge is 0.234 e. The van der Waals surface area contributed by atoms with Crippen LogP contribution < -0.4 is 11.1 Å². The highest BCUT2D eigenvalue weighted by Crippen LogP contribution is 2.36. The van der Waals surface area contributed by atoms with Crippen molar-refractivity contribution in [2.24, 2.45) is 17.6 Å². The highest BCUT2D eigenvalue weighted by molar-refractivity contribution is 5.78. The van der Waals surface area contributed by atoms with Crippen molar-refractivity contribution >= 4 is 5.91 Å². The van der Waals surface area contributed by atoms with Crippen LogP contribution in [0, 0.1) is 17.7 Å². The van der Waals surface area contributed by atoms with Crippen LogP contribution in [-0.2, 0) is 11.3 Å². The Morgan fingerprint density at radius 2 is 2.14 bits per heavy atom. The summed E-state index contributed by atoms with van der Waals surface area (Å²) in [6.45, 7) is 2.50. The molecule has 3 rings (SSSR count). The van der Waals surface area contributed by atoms with Crippen molar-refractivity contribution in [1.29, 1.82) is 0 Å². The van der Waals surface area contributed by atoms with Gasteiger partial charge in [0.1, 0.15) is 5.82 Å². The highest BCUT2D eigenvalue weighted by atomic mass is 19.1. The van der Waals surface area contributed by atoms with E-state index < -0.39 is 0 Å². The molecule has 2 aliphatic rings. The number of rotatable bonds is 4. The second-order valence-corrected chi connectivity index (χ2v) is 6.23. The molecule has 3 atom stereocenters. The van der Waals surface area contributed by atoms with Gasteiger partial charge in [-0.15, -0.1) is 0 Å². The Labute approximate surface area is 124 Å². The van der Waals surface area contributed by atoms with Gasteiger partial charge in [0, 0.05) is 31.2 Å². The van der Waals surface area contributed by atoms with Crippen LogP contribution in [0.15, 0.2) is 24.3 Å². The second-order valence-electron chi connectivity index (χ2n) is 6.23. The molecule has 3 unspecified atom stereocenters. The first-order valence-corrected chi connectivity index (χ1v) is 7.61. The lowest BCUT2D eigenvalue weighted by Gasteiger charge is -2.17. The molecule has 3 N–H and O–H groups in total. The topological polar surface area (TPSA) is 58.4 Å². The van der Waals surface area contributed by atoms with Crippen molar-refractivity contribution in [3.8, 4) is 0 Å². The Bertz CT molecular complexity index is 522. The van der Waals surface area contributed by atoms with Gasteiger partial charge in [-0.25, -0.2) is 4.39 Å². The van der Waals surface area contributed by atoms with Crippen molar-refractivity contribution in [2.75, 3.05) is 19.6 Å². The third-order valence-electron chi connectivity index (χ3n) is 4.79. The third-order valence-corrected chi connectivity index (χ3v) is 4.79. The molecule has 1 aliphatic carbocycles. The van der Waals surface area contributed by atoms with Gasteiger partial charge >= 0.3 is 0 Å². The number of amides is 1.